The maximum absolute atomic E-state index is 5.49. The highest BCUT2D eigenvalue weighted by molar-refractivity contribution is 7.10. The smallest absolute Gasteiger partial charge is 0.191 e. The third kappa shape index (κ3) is 4.91. The summed E-state index contributed by atoms with van der Waals surface area (Å²) in [6.07, 6.45) is 0. The summed E-state index contributed by atoms with van der Waals surface area (Å²) in [5.41, 5.74) is 1.05. The fraction of sp³-hybridized carbons (Fsp3) is 0.450. The van der Waals surface area contributed by atoms with Crippen molar-refractivity contribution in [2.45, 2.75) is 32.2 Å². The minimum Gasteiger partial charge on any atom is -0.497 e. The standard InChI is InChI=1S/C20H29N3O2S/c1-14(16-12-15(24-5)9-10-17(16)25-6)23-19(21-4)22-13-20(2,3)18-8-7-11-26-18/h7-12,14H,13H2,1-6H3,(H2,21,22,23). The topological polar surface area (TPSA) is 54.9 Å². The highest BCUT2D eigenvalue weighted by atomic mass is 32.1. The van der Waals surface area contributed by atoms with Crippen molar-refractivity contribution in [2.24, 2.45) is 4.99 Å². The van der Waals surface area contributed by atoms with Crippen LogP contribution >= 0.6 is 11.3 Å². The van der Waals surface area contributed by atoms with E-state index < -0.39 is 0 Å². The van der Waals surface area contributed by atoms with Crippen LogP contribution in [0.25, 0.3) is 0 Å². The lowest BCUT2D eigenvalue weighted by Crippen LogP contribution is -2.44. The van der Waals surface area contributed by atoms with Gasteiger partial charge < -0.3 is 20.1 Å². The van der Waals surface area contributed by atoms with E-state index in [9.17, 15) is 0 Å². The summed E-state index contributed by atoms with van der Waals surface area (Å²) in [4.78, 5) is 5.71. The Morgan fingerprint density at radius 3 is 2.58 bits per heavy atom. The van der Waals surface area contributed by atoms with Crippen LogP contribution in [-0.2, 0) is 5.41 Å². The Labute approximate surface area is 160 Å². The molecule has 0 bridgehead atoms. The molecular weight excluding hydrogens is 346 g/mol. The van der Waals surface area contributed by atoms with Gasteiger partial charge in [-0.2, -0.15) is 0 Å². The molecule has 26 heavy (non-hydrogen) atoms. The molecule has 5 nitrogen and oxygen atoms in total. The zero-order chi connectivity index (χ0) is 19.2. The van der Waals surface area contributed by atoms with E-state index in [1.54, 1.807) is 32.6 Å². The average molecular weight is 376 g/mol. The van der Waals surface area contributed by atoms with Crippen LogP contribution in [0, 0.1) is 0 Å². The molecule has 2 N–H and O–H groups in total. The maximum atomic E-state index is 5.49. The van der Waals surface area contributed by atoms with Crippen molar-refractivity contribution in [3.8, 4) is 11.5 Å². The number of hydrogen-bond acceptors (Lipinski definition) is 4. The summed E-state index contributed by atoms with van der Waals surface area (Å²) in [7, 11) is 5.12. The SMILES string of the molecule is CN=C(NCC(C)(C)c1cccs1)NC(C)c1cc(OC)ccc1OC. The molecule has 2 rings (SSSR count). The Kier molecular flexibility index (Phi) is 6.91. The van der Waals surface area contributed by atoms with E-state index >= 15 is 0 Å². The van der Waals surface area contributed by atoms with E-state index in [0.29, 0.717) is 0 Å². The number of rotatable bonds is 7. The maximum Gasteiger partial charge on any atom is 0.191 e. The summed E-state index contributed by atoms with van der Waals surface area (Å²) in [6.45, 7) is 7.32. The summed E-state index contributed by atoms with van der Waals surface area (Å²) >= 11 is 1.78. The average Bonchev–Trinajstić information content (AvgIpc) is 3.20. The van der Waals surface area contributed by atoms with Crippen LogP contribution in [0.2, 0.25) is 0 Å². The Hall–Kier alpha value is -2.21. The van der Waals surface area contributed by atoms with E-state index in [0.717, 1.165) is 29.6 Å². The van der Waals surface area contributed by atoms with Gasteiger partial charge in [0.05, 0.1) is 20.3 Å². The molecule has 6 heteroatoms. The highest BCUT2D eigenvalue weighted by Crippen LogP contribution is 2.29. The molecule has 142 valence electrons. The first-order valence-corrected chi connectivity index (χ1v) is 9.52. The third-order valence-corrected chi connectivity index (χ3v) is 5.60. The van der Waals surface area contributed by atoms with Crippen molar-refractivity contribution < 1.29 is 9.47 Å². The van der Waals surface area contributed by atoms with E-state index in [1.165, 1.54) is 4.88 Å². The molecule has 1 aromatic heterocycles. The van der Waals surface area contributed by atoms with Gasteiger partial charge in [0.1, 0.15) is 11.5 Å². The van der Waals surface area contributed by atoms with Gasteiger partial charge in [-0.15, -0.1) is 11.3 Å². The first-order valence-electron chi connectivity index (χ1n) is 8.64. The minimum atomic E-state index is 0.0103. The molecule has 0 aliphatic heterocycles. The van der Waals surface area contributed by atoms with Gasteiger partial charge in [-0.25, -0.2) is 0 Å². The lowest BCUT2D eigenvalue weighted by molar-refractivity contribution is 0.394. The predicted molar refractivity (Wildman–Crippen MR) is 110 cm³/mol. The third-order valence-electron chi connectivity index (χ3n) is 4.37. The number of aliphatic imine (C=N–C) groups is 1. The Morgan fingerprint density at radius 2 is 2.00 bits per heavy atom. The van der Waals surface area contributed by atoms with Crippen molar-refractivity contribution in [1.29, 1.82) is 0 Å². The van der Waals surface area contributed by atoms with Crippen LogP contribution in [0.3, 0.4) is 0 Å². The second kappa shape index (κ2) is 8.94. The van der Waals surface area contributed by atoms with Crippen molar-refractivity contribution in [3.63, 3.8) is 0 Å². The van der Waals surface area contributed by atoms with Crippen LogP contribution in [0.1, 0.15) is 37.3 Å². The lowest BCUT2D eigenvalue weighted by atomic mass is 9.91. The quantitative estimate of drug-likeness (QED) is 0.568. The second-order valence-corrected chi connectivity index (χ2v) is 7.71. The van der Waals surface area contributed by atoms with Gasteiger partial charge in [-0.05, 0) is 36.6 Å². The number of ether oxygens (including phenoxy) is 2. The Morgan fingerprint density at radius 1 is 1.23 bits per heavy atom. The molecule has 1 atom stereocenters. The second-order valence-electron chi connectivity index (χ2n) is 6.76. The zero-order valence-corrected chi connectivity index (χ0v) is 17.2. The number of hydrogen-bond donors (Lipinski definition) is 2. The molecule has 0 fully saturated rings. The molecule has 0 radical (unpaired) electrons. The van der Waals surface area contributed by atoms with Gasteiger partial charge >= 0.3 is 0 Å². The zero-order valence-electron chi connectivity index (χ0n) is 16.4. The number of benzene rings is 1. The fourth-order valence-corrected chi connectivity index (χ4v) is 3.56. The van der Waals surface area contributed by atoms with E-state index in [4.69, 9.17) is 9.47 Å². The molecule has 1 heterocycles. The number of thiophene rings is 1. The molecule has 0 aliphatic rings. The monoisotopic (exact) mass is 375 g/mol. The number of methoxy groups -OCH3 is 2. The van der Waals surface area contributed by atoms with Gasteiger partial charge in [0, 0.05) is 29.4 Å². The first-order chi connectivity index (χ1) is 12.4. The van der Waals surface area contributed by atoms with Crippen LogP contribution in [0.4, 0.5) is 0 Å². The molecule has 2 aromatic rings. The number of nitrogens with zero attached hydrogens (tertiary/aromatic N) is 1. The molecule has 0 amide bonds. The van der Waals surface area contributed by atoms with Crippen molar-refractivity contribution in [3.05, 3.63) is 46.2 Å². The van der Waals surface area contributed by atoms with Crippen LogP contribution in [-0.4, -0.2) is 33.8 Å². The van der Waals surface area contributed by atoms with Crippen LogP contribution < -0.4 is 20.1 Å². The summed E-state index contributed by atoms with van der Waals surface area (Å²) in [5.74, 6) is 2.38. The van der Waals surface area contributed by atoms with Crippen LogP contribution in [0.15, 0.2) is 40.7 Å². The van der Waals surface area contributed by atoms with Gasteiger partial charge in [-0.3, -0.25) is 4.99 Å². The molecule has 0 spiro atoms. The molecule has 0 saturated heterocycles. The highest BCUT2D eigenvalue weighted by Gasteiger charge is 2.22. The van der Waals surface area contributed by atoms with Crippen LogP contribution in [0.5, 0.6) is 11.5 Å². The molecule has 1 unspecified atom stereocenters. The first kappa shape index (κ1) is 20.1. The molecular formula is C20H29N3O2S. The van der Waals surface area contributed by atoms with E-state index in [2.05, 4.69) is 53.9 Å². The van der Waals surface area contributed by atoms with Crippen molar-refractivity contribution in [1.82, 2.24) is 10.6 Å². The minimum absolute atomic E-state index is 0.0103. The van der Waals surface area contributed by atoms with Gasteiger partial charge in [0.15, 0.2) is 5.96 Å². The normalized spacial score (nSPS) is 13.2. The molecule has 1 aromatic carbocycles. The molecule has 0 aliphatic carbocycles. The van der Waals surface area contributed by atoms with Gasteiger partial charge in [-0.1, -0.05) is 19.9 Å². The predicted octanol–water partition coefficient (Wildman–Crippen LogP) is 3.97. The largest absolute Gasteiger partial charge is 0.497 e. The number of nitrogens with one attached hydrogen (secondary N) is 2. The van der Waals surface area contributed by atoms with Crippen molar-refractivity contribution >= 4 is 17.3 Å². The Bertz CT molecular complexity index is 727. The van der Waals surface area contributed by atoms with E-state index in [-0.39, 0.29) is 11.5 Å². The van der Waals surface area contributed by atoms with Gasteiger partial charge in [0.2, 0.25) is 0 Å². The Balaban J connectivity index is 2.06. The van der Waals surface area contributed by atoms with E-state index in [1.807, 2.05) is 18.2 Å². The van der Waals surface area contributed by atoms with Crippen molar-refractivity contribution in [2.75, 3.05) is 27.8 Å². The number of guanidine groups is 1. The summed E-state index contributed by atoms with van der Waals surface area (Å²) in [5, 5.41) is 8.98. The summed E-state index contributed by atoms with van der Waals surface area (Å²) in [6, 6.07) is 10.1. The summed E-state index contributed by atoms with van der Waals surface area (Å²) < 4.78 is 10.8. The lowest BCUT2D eigenvalue weighted by Gasteiger charge is -2.26. The van der Waals surface area contributed by atoms with Gasteiger partial charge in [0.25, 0.3) is 0 Å². The molecule has 0 saturated carbocycles. The fourth-order valence-electron chi connectivity index (χ4n) is 2.71.